The maximum atomic E-state index is 11.8. The number of carboxylic acids is 1. The Hall–Kier alpha value is -1.34. The molecule has 3 unspecified atom stereocenters. The molecule has 1 aliphatic rings. The van der Waals surface area contributed by atoms with E-state index in [1.54, 1.807) is 7.05 Å². The Kier molecular flexibility index (Phi) is 9.92. The zero-order valence-electron chi connectivity index (χ0n) is 14.9. The first-order valence-electron chi connectivity index (χ1n) is 8.25. The Morgan fingerprint density at radius 2 is 1.96 bits per heavy atom. The van der Waals surface area contributed by atoms with Gasteiger partial charge in [0.05, 0.1) is 5.92 Å². The molecule has 0 saturated carbocycles. The molecule has 2 amide bonds. The fraction of sp³-hybridized carbons (Fsp3) is 0.812. The van der Waals surface area contributed by atoms with Gasteiger partial charge in [0.1, 0.15) is 6.04 Å². The predicted molar refractivity (Wildman–Crippen MR) is 94.1 cm³/mol. The van der Waals surface area contributed by atoms with Crippen molar-refractivity contribution in [2.24, 2.45) is 11.8 Å². The standard InChI is InChI=1S/C16H29N3O4.ClH/c1-5-6-12(10(2)18-11(3)20)8-19-9-13(15(21)17-4)7-14(19)16(22)23;/h10,12-14H,5-9H2,1-4H3,(H,17,21)(H,18,20)(H,22,23);1H/t10?,12-,13?,14?;/m0./s1. The second-order valence-corrected chi connectivity index (χ2v) is 6.39. The molecule has 0 aromatic heterocycles. The number of nitrogens with zero attached hydrogens (tertiary/aromatic N) is 1. The lowest BCUT2D eigenvalue weighted by molar-refractivity contribution is -0.142. The van der Waals surface area contributed by atoms with E-state index in [2.05, 4.69) is 17.6 Å². The summed E-state index contributed by atoms with van der Waals surface area (Å²) in [5, 5.41) is 14.9. The summed E-state index contributed by atoms with van der Waals surface area (Å²) < 4.78 is 0. The van der Waals surface area contributed by atoms with E-state index >= 15 is 0 Å². The molecule has 4 atom stereocenters. The van der Waals surface area contributed by atoms with Crippen LogP contribution in [0.2, 0.25) is 0 Å². The Morgan fingerprint density at radius 1 is 1.33 bits per heavy atom. The number of carbonyl (C=O) groups is 3. The van der Waals surface area contributed by atoms with Crippen molar-refractivity contribution in [3.63, 3.8) is 0 Å². The van der Waals surface area contributed by atoms with Crippen LogP contribution in [0, 0.1) is 11.8 Å². The molecule has 1 heterocycles. The molecule has 140 valence electrons. The number of halogens is 1. The van der Waals surface area contributed by atoms with E-state index in [-0.39, 0.29) is 42.1 Å². The third-order valence-corrected chi connectivity index (χ3v) is 4.57. The number of amides is 2. The van der Waals surface area contributed by atoms with E-state index in [0.717, 1.165) is 12.8 Å². The summed E-state index contributed by atoms with van der Waals surface area (Å²) in [6, 6.07) is -0.665. The predicted octanol–water partition coefficient (Wildman–Crippen LogP) is 0.870. The summed E-state index contributed by atoms with van der Waals surface area (Å²) in [4.78, 5) is 36.5. The highest BCUT2D eigenvalue weighted by molar-refractivity contribution is 5.85. The van der Waals surface area contributed by atoms with Crippen molar-refractivity contribution in [3.8, 4) is 0 Å². The number of hydrogen-bond acceptors (Lipinski definition) is 4. The second kappa shape index (κ2) is 10.5. The van der Waals surface area contributed by atoms with Crippen LogP contribution >= 0.6 is 12.4 Å². The first-order chi connectivity index (χ1) is 10.8. The molecule has 8 heteroatoms. The zero-order chi connectivity index (χ0) is 17.6. The van der Waals surface area contributed by atoms with Gasteiger partial charge >= 0.3 is 5.97 Å². The van der Waals surface area contributed by atoms with Crippen molar-refractivity contribution in [2.45, 2.75) is 52.1 Å². The maximum absolute atomic E-state index is 11.8. The monoisotopic (exact) mass is 363 g/mol. The molecule has 3 N–H and O–H groups in total. The first-order valence-corrected chi connectivity index (χ1v) is 8.25. The van der Waals surface area contributed by atoms with Crippen molar-refractivity contribution >= 4 is 30.2 Å². The SMILES string of the molecule is CCC[C@@H](CN1CC(C(=O)NC)CC1C(=O)O)C(C)NC(C)=O.Cl. The first kappa shape index (κ1) is 22.7. The molecule has 0 spiro atoms. The summed E-state index contributed by atoms with van der Waals surface area (Å²) in [6.45, 7) is 6.52. The van der Waals surface area contributed by atoms with Gasteiger partial charge in [0.25, 0.3) is 0 Å². The van der Waals surface area contributed by atoms with Gasteiger partial charge in [-0.25, -0.2) is 0 Å². The maximum Gasteiger partial charge on any atom is 0.320 e. The van der Waals surface area contributed by atoms with Gasteiger partial charge in [-0.2, -0.15) is 0 Å². The molecule has 1 rings (SSSR count). The van der Waals surface area contributed by atoms with E-state index in [4.69, 9.17) is 0 Å². The van der Waals surface area contributed by atoms with Gasteiger partial charge in [-0.05, 0) is 25.7 Å². The Morgan fingerprint density at radius 3 is 2.42 bits per heavy atom. The quantitative estimate of drug-likeness (QED) is 0.594. The van der Waals surface area contributed by atoms with Crippen LogP contribution < -0.4 is 10.6 Å². The fourth-order valence-electron chi connectivity index (χ4n) is 3.37. The molecule has 7 nitrogen and oxygen atoms in total. The minimum Gasteiger partial charge on any atom is -0.480 e. The highest BCUT2D eigenvalue weighted by Crippen LogP contribution is 2.26. The lowest BCUT2D eigenvalue weighted by Gasteiger charge is -2.30. The van der Waals surface area contributed by atoms with Crippen LogP contribution in [-0.4, -0.2) is 60.0 Å². The molecule has 1 saturated heterocycles. The lowest BCUT2D eigenvalue weighted by Crippen LogP contribution is -2.45. The zero-order valence-corrected chi connectivity index (χ0v) is 15.7. The van der Waals surface area contributed by atoms with Crippen LogP contribution in [-0.2, 0) is 14.4 Å². The van der Waals surface area contributed by atoms with Crippen LogP contribution in [0.3, 0.4) is 0 Å². The Balaban J connectivity index is 0.00000529. The second-order valence-electron chi connectivity index (χ2n) is 6.39. The molecule has 0 aliphatic carbocycles. The van der Waals surface area contributed by atoms with Gasteiger partial charge in [-0.15, -0.1) is 12.4 Å². The average molecular weight is 364 g/mol. The summed E-state index contributed by atoms with van der Waals surface area (Å²) in [7, 11) is 1.57. The molecule has 0 radical (unpaired) electrons. The number of carboxylic acid groups (broad SMARTS) is 1. The van der Waals surface area contributed by atoms with E-state index in [1.165, 1.54) is 6.92 Å². The lowest BCUT2D eigenvalue weighted by atomic mass is 9.95. The molecular formula is C16H30ClN3O4. The molecular weight excluding hydrogens is 334 g/mol. The molecule has 0 aromatic carbocycles. The van der Waals surface area contributed by atoms with E-state index in [9.17, 15) is 19.5 Å². The Labute approximate surface area is 149 Å². The largest absolute Gasteiger partial charge is 0.480 e. The van der Waals surface area contributed by atoms with Crippen LogP contribution in [0.15, 0.2) is 0 Å². The van der Waals surface area contributed by atoms with Crippen LogP contribution in [0.25, 0.3) is 0 Å². The highest BCUT2D eigenvalue weighted by atomic mass is 35.5. The van der Waals surface area contributed by atoms with Crippen LogP contribution in [0.5, 0.6) is 0 Å². The van der Waals surface area contributed by atoms with E-state index < -0.39 is 12.0 Å². The van der Waals surface area contributed by atoms with Gasteiger partial charge < -0.3 is 15.7 Å². The highest BCUT2D eigenvalue weighted by Gasteiger charge is 2.40. The summed E-state index contributed by atoms with van der Waals surface area (Å²) in [5.74, 6) is -1.22. The topological polar surface area (TPSA) is 98.7 Å². The van der Waals surface area contributed by atoms with Gasteiger partial charge in [-0.1, -0.05) is 13.3 Å². The number of rotatable bonds is 8. The van der Waals surface area contributed by atoms with Crippen LogP contribution in [0.1, 0.15) is 40.0 Å². The van der Waals surface area contributed by atoms with Crippen molar-refractivity contribution in [2.75, 3.05) is 20.1 Å². The smallest absolute Gasteiger partial charge is 0.320 e. The van der Waals surface area contributed by atoms with Crippen LogP contribution in [0.4, 0.5) is 0 Å². The van der Waals surface area contributed by atoms with Gasteiger partial charge in [0, 0.05) is 33.1 Å². The van der Waals surface area contributed by atoms with Gasteiger partial charge in [0.15, 0.2) is 0 Å². The number of nitrogens with one attached hydrogen (secondary N) is 2. The Bertz CT molecular complexity index is 447. The number of hydrogen-bond donors (Lipinski definition) is 3. The average Bonchev–Trinajstić information content (AvgIpc) is 2.89. The van der Waals surface area contributed by atoms with Gasteiger partial charge in [0.2, 0.25) is 11.8 Å². The minimum atomic E-state index is -0.890. The van der Waals surface area contributed by atoms with Crippen molar-refractivity contribution in [1.82, 2.24) is 15.5 Å². The summed E-state index contributed by atoms with van der Waals surface area (Å²) in [6.07, 6.45) is 2.19. The van der Waals surface area contributed by atoms with Crippen molar-refractivity contribution in [3.05, 3.63) is 0 Å². The third kappa shape index (κ3) is 6.28. The molecule has 24 heavy (non-hydrogen) atoms. The summed E-state index contributed by atoms with van der Waals surface area (Å²) in [5.41, 5.74) is 0. The summed E-state index contributed by atoms with van der Waals surface area (Å²) >= 11 is 0. The number of carbonyl (C=O) groups excluding carboxylic acids is 2. The minimum absolute atomic E-state index is 0. The van der Waals surface area contributed by atoms with E-state index in [0.29, 0.717) is 19.5 Å². The molecule has 0 aromatic rings. The van der Waals surface area contributed by atoms with E-state index in [1.807, 2.05) is 11.8 Å². The fourth-order valence-corrected chi connectivity index (χ4v) is 3.37. The molecule has 1 fully saturated rings. The van der Waals surface area contributed by atoms with Crippen molar-refractivity contribution < 1.29 is 19.5 Å². The third-order valence-electron chi connectivity index (χ3n) is 4.57. The normalized spacial score (nSPS) is 23.0. The van der Waals surface area contributed by atoms with Gasteiger partial charge in [-0.3, -0.25) is 19.3 Å². The number of aliphatic carboxylic acids is 1. The van der Waals surface area contributed by atoms with Crippen molar-refractivity contribution in [1.29, 1.82) is 0 Å². The molecule has 1 aliphatic heterocycles. The molecule has 0 bridgehead atoms. The number of likely N-dealkylation sites (tertiary alicyclic amines) is 1.